The third-order valence-corrected chi connectivity index (χ3v) is 5.48. The topological polar surface area (TPSA) is 63.7 Å². The molecule has 1 aliphatic heterocycles. The summed E-state index contributed by atoms with van der Waals surface area (Å²) in [5.74, 6) is 0.0641. The molecule has 0 N–H and O–H groups in total. The summed E-state index contributed by atoms with van der Waals surface area (Å²) in [5.41, 5.74) is 0.934. The summed E-state index contributed by atoms with van der Waals surface area (Å²) in [5, 5.41) is 1.61. The van der Waals surface area contributed by atoms with Gasteiger partial charge in [-0.25, -0.2) is 8.42 Å². The zero-order valence-corrected chi connectivity index (χ0v) is 15.0. The molecule has 0 aromatic heterocycles. The van der Waals surface area contributed by atoms with Crippen molar-refractivity contribution >= 4 is 33.0 Å². The zero-order valence-electron chi connectivity index (χ0n) is 13.4. The van der Waals surface area contributed by atoms with E-state index >= 15 is 0 Å². The summed E-state index contributed by atoms with van der Waals surface area (Å²) in [7, 11) is -1.80. The van der Waals surface area contributed by atoms with Crippen LogP contribution in [0.1, 0.15) is 10.4 Å². The first kappa shape index (κ1) is 17.5. The Bertz CT molecular complexity index is 940. The monoisotopic (exact) mass is 377 g/mol. The lowest BCUT2D eigenvalue weighted by Gasteiger charge is -2.28. The number of halogens is 1. The van der Waals surface area contributed by atoms with Gasteiger partial charge in [-0.15, -0.1) is 0 Å². The van der Waals surface area contributed by atoms with Gasteiger partial charge in [-0.3, -0.25) is 4.79 Å². The number of amides is 1. The van der Waals surface area contributed by atoms with Crippen LogP contribution in [0.25, 0.3) is 0 Å². The SMILES string of the molecule is COc1cccc(C(=O)N(c2cccc(Cl)c2)C2C=CS(=O)(=O)C2)c1. The molecule has 7 heteroatoms. The number of rotatable bonds is 4. The first-order valence-corrected chi connectivity index (χ1v) is 9.63. The molecule has 5 nitrogen and oxygen atoms in total. The molecule has 1 atom stereocenters. The van der Waals surface area contributed by atoms with Gasteiger partial charge in [0.15, 0.2) is 9.84 Å². The van der Waals surface area contributed by atoms with Crippen LogP contribution in [0.15, 0.2) is 60.0 Å². The van der Waals surface area contributed by atoms with E-state index in [2.05, 4.69) is 0 Å². The van der Waals surface area contributed by atoms with E-state index in [1.54, 1.807) is 48.5 Å². The van der Waals surface area contributed by atoms with Crippen molar-refractivity contribution in [1.82, 2.24) is 0 Å². The van der Waals surface area contributed by atoms with Crippen molar-refractivity contribution in [3.63, 3.8) is 0 Å². The van der Waals surface area contributed by atoms with Crippen molar-refractivity contribution in [2.45, 2.75) is 6.04 Å². The minimum absolute atomic E-state index is 0.158. The van der Waals surface area contributed by atoms with Gasteiger partial charge < -0.3 is 9.64 Å². The molecular weight excluding hydrogens is 362 g/mol. The fourth-order valence-electron chi connectivity index (χ4n) is 2.70. The highest BCUT2D eigenvalue weighted by atomic mass is 35.5. The van der Waals surface area contributed by atoms with E-state index < -0.39 is 15.9 Å². The fraction of sp³-hybridized carbons (Fsp3) is 0.167. The molecule has 0 radical (unpaired) electrons. The summed E-state index contributed by atoms with van der Waals surface area (Å²) in [6.07, 6.45) is 1.52. The maximum Gasteiger partial charge on any atom is 0.258 e. The standard InChI is InChI=1S/C18H16ClNO4S/c1-24-17-7-2-4-13(10-17)18(21)20(15-6-3-5-14(19)11-15)16-8-9-25(22,23)12-16/h2-11,16H,12H2,1H3. The van der Waals surface area contributed by atoms with Crippen LogP contribution in [0.5, 0.6) is 5.75 Å². The third kappa shape index (κ3) is 3.86. The Morgan fingerprint density at radius 1 is 1.20 bits per heavy atom. The third-order valence-electron chi connectivity index (χ3n) is 3.86. The van der Waals surface area contributed by atoms with E-state index in [9.17, 15) is 13.2 Å². The minimum Gasteiger partial charge on any atom is -0.497 e. The van der Waals surface area contributed by atoms with Gasteiger partial charge >= 0.3 is 0 Å². The smallest absolute Gasteiger partial charge is 0.258 e. The predicted molar refractivity (Wildman–Crippen MR) is 98.0 cm³/mol. The van der Waals surface area contributed by atoms with Crippen LogP contribution in [0, 0.1) is 0 Å². The lowest BCUT2D eigenvalue weighted by molar-refractivity contribution is 0.0983. The number of ether oxygens (including phenoxy) is 1. The van der Waals surface area contributed by atoms with E-state index in [1.165, 1.54) is 18.1 Å². The van der Waals surface area contributed by atoms with Gasteiger partial charge in [0, 0.05) is 21.7 Å². The maximum atomic E-state index is 13.1. The number of hydrogen-bond acceptors (Lipinski definition) is 4. The van der Waals surface area contributed by atoms with Crippen LogP contribution in [0.4, 0.5) is 5.69 Å². The van der Waals surface area contributed by atoms with Crippen LogP contribution in [0.3, 0.4) is 0 Å². The molecule has 3 rings (SSSR count). The molecule has 1 aliphatic rings. The normalized spacial score (nSPS) is 18.1. The molecule has 1 heterocycles. The van der Waals surface area contributed by atoms with E-state index in [0.717, 1.165) is 5.41 Å². The molecule has 0 saturated heterocycles. The second kappa shape index (κ2) is 6.90. The maximum absolute atomic E-state index is 13.1. The second-order valence-corrected chi connectivity index (χ2v) is 7.98. The molecule has 1 unspecified atom stereocenters. The number of methoxy groups -OCH3 is 1. The van der Waals surface area contributed by atoms with Crippen molar-refractivity contribution in [2.24, 2.45) is 0 Å². The van der Waals surface area contributed by atoms with Crippen molar-refractivity contribution in [2.75, 3.05) is 17.8 Å². The Hall–Kier alpha value is -2.31. The number of carbonyl (C=O) groups excluding carboxylic acids is 1. The van der Waals surface area contributed by atoms with E-state index in [0.29, 0.717) is 22.0 Å². The van der Waals surface area contributed by atoms with E-state index in [1.807, 2.05) is 0 Å². The van der Waals surface area contributed by atoms with Crippen LogP contribution >= 0.6 is 11.6 Å². The number of hydrogen-bond donors (Lipinski definition) is 0. The quantitative estimate of drug-likeness (QED) is 0.820. The van der Waals surface area contributed by atoms with Gasteiger partial charge in [0.25, 0.3) is 5.91 Å². The van der Waals surface area contributed by atoms with Gasteiger partial charge in [0.05, 0.1) is 18.9 Å². The van der Waals surface area contributed by atoms with Crippen LogP contribution < -0.4 is 9.64 Å². The summed E-state index contributed by atoms with van der Waals surface area (Å²) < 4.78 is 28.8. The molecule has 2 aromatic rings. The Kier molecular flexibility index (Phi) is 4.83. The van der Waals surface area contributed by atoms with Crippen LogP contribution in [0.2, 0.25) is 5.02 Å². The minimum atomic E-state index is -3.32. The molecule has 0 saturated carbocycles. The van der Waals surface area contributed by atoms with Crippen LogP contribution in [-0.4, -0.2) is 33.2 Å². The highest BCUT2D eigenvalue weighted by Crippen LogP contribution is 2.28. The number of carbonyl (C=O) groups is 1. The van der Waals surface area contributed by atoms with Crippen molar-refractivity contribution < 1.29 is 17.9 Å². The molecule has 2 aromatic carbocycles. The van der Waals surface area contributed by atoms with Gasteiger partial charge in [-0.05, 0) is 42.5 Å². The Labute approximate surface area is 151 Å². The first-order valence-electron chi connectivity index (χ1n) is 7.54. The average Bonchev–Trinajstić information content (AvgIpc) is 2.94. The second-order valence-electron chi connectivity index (χ2n) is 5.61. The number of nitrogens with zero attached hydrogens (tertiary/aromatic N) is 1. The van der Waals surface area contributed by atoms with Crippen LogP contribution in [-0.2, 0) is 9.84 Å². The summed E-state index contributed by atoms with van der Waals surface area (Å²) >= 11 is 6.06. The molecule has 0 bridgehead atoms. The Morgan fingerprint density at radius 2 is 1.96 bits per heavy atom. The molecule has 0 spiro atoms. The van der Waals surface area contributed by atoms with Gasteiger partial charge in [0.2, 0.25) is 0 Å². The lowest BCUT2D eigenvalue weighted by atomic mass is 10.1. The zero-order chi connectivity index (χ0) is 18.0. The molecular formula is C18H16ClNO4S. The Balaban J connectivity index is 2.04. The predicted octanol–water partition coefficient (Wildman–Crippen LogP) is 3.31. The molecule has 0 aliphatic carbocycles. The highest BCUT2D eigenvalue weighted by Gasteiger charge is 2.32. The lowest BCUT2D eigenvalue weighted by Crippen LogP contribution is -2.41. The molecule has 25 heavy (non-hydrogen) atoms. The number of anilines is 1. The van der Waals surface area contributed by atoms with E-state index in [-0.39, 0.29) is 11.7 Å². The van der Waals surface area contributed by atoms with Crippen molar-refractivity contribution in [1.29, 1.82) is 0 Å². The van der Waals surface area contributed by atoms with Crippen molar-refractivity contribution in [3.8, 4) is 5.75 Å². The molecule has 130 valence electrons. The molecule has 1 amide bonds. The number of sulfone groups is 1. The fourth-order valence-corrected chi connectivity index (χ4v) is 4.15. The summed E-state index contributed by atoms with van der Waals surface area (Å²) in [4.78, 5) is 14.6. The number of benzene rings is 2. The van der Waals surface area contributed by atoms with Gasteiger partial charge in [-0.1, -0.05) is 23.7 Å². The van der Waals surface area contributed by atoms with Gasteiger partial charge in [-0.2, -0.15) is 0 Å². The average molecular weight is 378 g/mol. The van der Waals surface area contributed by atoms with Gasteiger partial charge in [0.1, 0.15) is 5.75 Å². The molecule has 0 fully saturated rings. The largest absolute Gasteiger partial charge is 0.497 e. The summed E-state index contributed by atoms with van der Waals surface area (Å²) in [6.45, 7) is 0. The van der Waals surface area contributed by atoms with E-state index in [4.69, 9.17) is 16.3 Å². The Morgan fingerprint density at radius 3 is 2.60 bits per heavy atom. The highest BCUT2D eigenvalue weighted by molar-refractivity contribution is 7.94. The first-order chi connectivity index (χ1) is 11.9. The van der Waals surface area contributed by atoms with Crippen molar-refractivity contribution in [3.05, 3.63) is 70.6 Å². The summed E-state index contributed by atoms with van der Waals surface area (Å²) in [6, 6.07) is 12.9.